The molecular formula is C27H31N3O5S. The minimum atomic E-state index is -3.29. The second kappa shape index (κ2) is 9.22. The molecule has 1 aromatic heterocycles. The third-order valence-corrected chi connectivity index (χ3v) is 7.04. The zero-order valence-electron chi connectivity index (χ0n) is 21.4. The van der Waals surface area contributed by atoms with E-state index in [-0.39, 0.29) is 12.0 Å². The third-order valence-electron chi connectivity index (χ3n) is 6.38. The van der Waals surface area contributed by atoms with E-state index in [9.17, 15) is 18.0 Å². The number of ether oxygens (including phenoxy) is 1. The van der Waals surface area contributed by atoms with Gasteiger partial charge in [0.15, 0.2) is 0 Å². The zero-order chi connectivity index (χ0) is 26.4. The van der Waals surface area contributed by atoms with Gasteiger partial charge in [-0.1, -0.05) is 45.0 Å². The van der Waals surface area contributed by atoms with Crippen LogP contribution in [-0.2, 0) is 28.9 Å². The number of rotatable bonds is 6. The number of methoxy groups -OCH3 is 1. The first-order valence-electron chi connectivity index (χ1n) is 11.6. The second-order valence-electron chi connectivity index (χ2n) is 10.2. The fourth-order valence-corrected chi connectivity index (χ4v) is 4.93. The number of fused-ring (bicyclic) bond motifs is 1. The molecule has 1 aliphatic carbocycles. The van der Waals surface area contributed by atoms with Gasteiger partial charge < -0.3 is 9.30 Å². The molecular weight excluding hydrogens is 478 g/mol. The highest BCUT2D eigenvalue weighted by Crippen LogP contribution is 2.43. The van der Waals surface area contributed by atoms with Crippen LogP contribution < -0.4 is 20.7 Å². The Hall–Kier alpha value is -3.43. The molecule has 1 heterocycles. The molecule has 2 N–H and O–H groups in total. The molecule has 2 aromatic carbocycles. The van der Waals surface area contributed by atoms with Crippen molar-refractivity contribution in [3.8, 4) is 28.0 Å². The molecule has 8 nitrogen and oxygen atoms in total. The number of hydrogen-bond acceptors (Lipinski definition) is 5. The predicted octanol–water partition coefficient (Wildman–Crippen LogP) is 3.20. The Bertz CT molecular complexity index is 1610. The quantitative estimate of drug-likeness (QED) is 0.530. The van der Waals surface area contributed by atoms with Crippen molar-refractivity contribution in [2.24, 2.45) is 7.05 Å². The number of benzene rings is 2. The van der Waals surface area contributed by atoms with Crippen LogP contribution in [0.25, 0.3) is 27.8 Å². The van der Waals surface area contributed by atoms with Crippen molar-refractivity contribution in [2.45, 2.75) is 32.6 Å². The van der Waals surface area contributed by atoms with E-state index in [1.54, 1.807) is 20.4 Å². The van der Waals surface area contributed by atoms with Crippen LogP contribution in [0.4, 0.5) is 0 Å². The topological polar surface area (TPSA) is 110 Å². The summed E-state index contributed by atoms with van der Waals surface area (Å²) in [5.41, 5.74) is 5.59. The number of allylic oxidation sites excluding steroid dienone is 1. The molecule has 190 valence electrons. The maximum absolute atomic E-state index is 12.7. The van der Waals surface area contributed by atoms with Gasteiger partial charge in [0.05, 0.1) is 18.9 Å². The summed E-state index contributed by atoms with van der Waals surface area (Å²) in [6.45, 7) is 6.48. The first-order chi connectivity index (χ1) is 16.8. The molecule has 4 rings (SSSR count). The number of aromatic amines is 1. The first kappa shape index (κ1) is 25.7. The average Bonchev–Trinajstić information content (AvgIpc) is 3.20. The molecule has 3 aromatic rings. The van der Waals surface area contributed by atoms with E-state index in [2.05, 4.69) is 36.5 Å². The van der Waals surface area contributed by atoms with Crippen LogP contribution in [-0.4, -0.2) is 37.9 Å². The highest BCUT2D eigenvalue weighted by Gasteiger charge is 2.25. The van der Waals surface area contributed by atoms with Crippen molar-refractivity contribution >= 4 is 15.6 Å². The number of aryl methyl sites for hydroxylation is 1. The van der Waals surface area contributed by atoms with E-state index in [4.69, 9.17) is 4.74 Å². The molecule has 36 heavy (non-hydrogen) atoms. The fraction of sp³-hybridized carbons (Fsp3) is 0.333. The largest absolute Gasteiger partial charge is 0.496 e. The predicted molar refractivity (Wildman–Crippen MR) is 143 cm³/mol. The molecule has 0 unspecified atom stereocenters. The van der Waals surface area contributed by atoms with Gasteiger partial charge in [0.25, 0.3) is 5.56 Å². The summed E-state index contributed by atoms with van der Waals surface area (Å²) in [7, 11) is -0.0569. The minimum Gasteiger partial charge on any atom is -0.496 e. The van der Waals surface area contributed by atoms with Gasteiger partial charge in [0.2, 0.25) is 10.0 Å². The van der Waals surface area contributed by atoms with Crippen LogP contribution in [0, 0.1) is 0 Å². The lowest BCUT2D eigenvalue weighted by Gasteiger charge is -2.25. The summed E-state index contributed by atoms with van der Waals surface area (Å²) < 4.78 is 32.9. The molecule has 0 bridgehead atoms. The number of sulfonamides is 1. The molecule has 0 aliphatic heterocycles. The van der Waals surface area contributed by atoms with Crippen molar-refractivity contribution in [1.82, 2.24) is 14.3 Å². The number of hydrogen-bond donors (Lipinski definition) is 2. The van der Waals surface area contributed by atoms with E-state index >= 15 is 0 Å². The summed E-state index contributed by atoms with van der Waals surface area (Å²) in [6, 6.07) is 9.92. The average molecular weight is 510 g/mol. The normalized spacial score (nSPS) is 13.4. The van der Waals surface area contributed by atoms with Gasteiger partial charge in [-0.2, -0.15) is 0 Å². The van der Waals surface area contributed by atoms with Crippen molar-refractivity contribution in [3.63, 3.8) is 0 Å². The van der Waals surface area contributed by atoms with Crippen LogP contribution in [0.15, 0.2) is 52.2 Å². The molecule has 0 spiro atoms. The van der Waals surface area contributed by atoms with Crippen LogP contribution in [0.3, 0.4) is 0 Å². The Morgan fingerprint density at radius 3 is 2.42 bits per heavy atom. The van der Waals surface area contributed by atoms with Crippen molar-refractivity contribution < 1.29 is 13.2 Å². The van der Waals surface area contributed by atoms with Crippen LogP contribution >= 0.6 is 0 Å². The van der Waals surface area contributed by atoms with Gasteiger partial charge in [-0.15, -0.1) is 0 Å². The van der Waals surface area contributed by atoms with Gasteiger partial charge in [-0.25, -0.2) is 17.9 Å². The third kappa shape index (κ3) is 5.08. The minimum absolute atomic E-state index is 0.244. The summed E-state index contributed by atoms with van der Waals surface area (Å²) in [5.74, 6) is 0.720. The number of H-pyrrole nitrogens is 1. The lowest BCUT2D eigenvalue weighted by molar-refractivity contribution is 0.399. The summed E-state index contributed by atoms with van der Waals surface area (Å²) >= 11 is 0. The molecule has 1 aliphatic rings. The summed E-state index contributed by atoms with van der Waals surface area (Å²) in [5, 5.41) is 0. The second-order valence-corrected chi connectivity index (χ2v) is 12.0. The highest BCUT2D eigenvalue weighted by molar-refractivity contribution is 7.88. The van der Waals surface area contributed by atoms with Gasteiger partial charge >= 0.3 is 5.69 Å². The first-order valence-corrected chi connectivity index (χ1v) is 13.5. The van der Waals surface area contributed by atoms with Gasteiger partial charge in [0.1, 0.15) is 5.75 Å². The van der Waals surface area contributed by atoms with Crippen molar-refractivity contribution in [2.75, 3.05) is 19.9 Å². The van der Waals surface area contributed by atoms with E-state index in [0.29, 0.717) is 17.5 Å². The Morgan fingerprint density at radius 1 is 1.06 bits per heavy atom. The molecule has 9 heteroatoms. The van der Waals surface area contributed by atoms with Gasteiger partial charge in [-0.05, 0) is 51.8 Å². The summed E-state index contributed by atoms with van der Waals surface area (Å²) in [6.07, 6.45) is 5.42. The fourth-order valence-electron chi connectivity index (χ4n) is 4.51. The zero-order valence-corrected chi connectivity index (χ0v) is 22.2. The maximum Gasteiger partial charge on any atom is 0.328 e. The van der Waals surface area contributed by atoms with E-state index in [1.807, 2.05) is 30.3 Å². The number of nitrogens with one attached hydrogen (secondary N) is 2. The van der Waals surface area contributed by atoms with E-state index < -0.39 is 21.3 Å². The monoisotopic (exact) mass is 509 g/mol. The van der Waals surface area contributed by atoms with Gasteiger partial charge in [0, 0.05) is 30.9 Å². The Morgan fingerprint density at radius 2 is 1.78 bits per heavy atom. The molecule has 0 saturated heterocycles. The van der Waals surface area contributed by atoms with Gasteiger partial charge in [-0.3, -0.25) is 9.78 Å². The number of nitrogens with zero attached hydrogens (tertiary/aromatic N) is 1. The summed E-state index contributed by atoms with van der Waals surface area (Å²) in [4.78, 5) is 27.0. The van der Waals surface area contributed by atoms with Crippen LogP contribution in [0.1, 0.15) is 37.5 Å². The number of aromatic nitrogens is 2. The lowest BCUT2D eigenvalue weighted by atomic mass is 9.82. The Labute approximate surface area is 210 Å². The maximum atomic E-state index is 12.7. The van der Waals surface area contributed by atoms with E-state index in [0.717, 1.165) is 45.4 Å². The molecule has 0 saturated carbocycles. The van der Waals surface area contributed by atoms with Crippen molar-refractivity contribution in [3.05, 3.63) is 80.1 Å². The molecule has 0 radical (unpaired) electrons. The SMILES string of the molecule is COc1c(-c2ccc3c(c2)CC=C3CNS(C)(=O)=O)cc(-c2cn(C)c(=O)[nH]c2=O)cc1C(C)(C)C. The lowest BCUT2D eigenvalue weighted by Crippen LogP contribution is -2.28. The molecule has 0 amide bonds. The highest BCUT2D eigenvalue weighted by atomic mass is 32.2. The van der Waals surface area contributed by atoms with Crippen molar-refractivity contribution in [1.29, 1.82) is 0 Å². The Kier molecular flexibility index (Phi) is 6.57. The molecule has 0 atom stereocenters. The van der Waals surface area contributed by atoms with E-state index in [1.165, 1.54) is 4.57 Å². The standard InChI is InChI=1S/C27H31N3O5S/c1-27(2,3)23-13-19(22-15-30(4)26(32)29-25(22)31)12-21(24(23)35-5)17-9-10-20-16(11-17)7-8-18(20)14-28-36(6,33)34/h8-13,15,28H,7,14H2,1-6H3,(H,29,31,32). The van der Waals surface area contributed by atoms with Crippen LogP contribution in [0.5, 0.6) is 5.75 Å². The smallest absolute Gasteiger partial charge is 0.328 e. The van der Waals surface area contributed by atoms with Crippen LogP contribution in [0.2, 0.25) is 0 Å². The molecule has 0 fully saturated rings. The Balaban J connectivity index is 1.87.